The third kappa shape index (κ3) is 64.7. The summed E-state index contributed by atoms with van der Waals surface area (Å²) in [4.78, 5) is 38.3. The van der Waals surface area contributed by atoms with Crippen LogP contribution in [0.1, 0.15) is 400 Å². The minimum absolute atomic E-state index is 0.0709. The quantitative estimate of drug-likeness (QED) is 0.0261. The van der Waals surface area contributed by atoms with Crippen molar-refractivity contribution in [2.45, 2.75) is 406 Å². The standard InChI is InChI=1S/C72H136O6/c1-4-7-10-13-16-19-22-25-28-29-30-31-32-33-34-35-36-37-38-39-40-41-42-43-45-47-50-53-56-59-62-65-71(74)77-68-69(67-76-70(73)64-61-58-55-52-49-46-27-24-21-18-15-12-9-6-3)78-72(75)66-63-60-57-54-51-48-44-26-23-20-17-14-11-8-5-2/h17,20,26,44,69H,4-16,18-19,21-25,27-43,45-68H2,1-3H3/b20-17-,44-26-. The second-order valence-corrected chi connectivity index (χ2v) is 24.2. The summed E-state index contributed by atoms with van der Waals surface area (Å²) in [7, 11) is 0. The Labute approximate surface area is 487 Å². The lowest BCUT2D eigenvalue weighted by atomic mass is 10.0. The monoisotopic (exact) mass is 1100 g/mol. The fraction of sp³-hybridized carbons (Fsp3) is 0.903. The summed E-state index contributed by atoms with van der Waals surface area (Å²) in [5.74, 6) is -0.855. The molecular weight excluding hydrogens is 961 g/mol. The third-order valence-electron chi connectivity index (χ3n) is 16.2. The summed E-state index contributed by atoms with van der Waals surface area (Å²) in [6.45, 7) is 6.68. The van der Waals surface area contributed by atoms with Crippen LogP contribution < -0.4 is 0 Å². The molecule has 0 saturated carbocycles. The lowest BCUT2D eigenvalue weighted by Gasteiger charge is -2.18. The molecule has 0 rings (SSSR count). The molecule has 0 aromatic carbocycles. The Hall–Kier alpha value is -2.11. The lowest BCUT2D eigenvalue weighted by Crippen LogP contribution is -2.30. The van der Waals surface area contributed by atoms with Crippen molar-refractivity contribution in [1.29, 1.82) is 0 Å². The normalized spacial score (nSPS) is 12.1. The highest BCUT2D eigenvalue weighted by Crippen LogP contribution is 2.19. The molecule has 0 aromatic rings. The number of ether oxygens (including phenoxy) is 3. The second kappa shape index (κ2) is 67.4. The smallest absolute Gasteiger partial charge is 0.306 e. The highest BCUT2D eigenvalue weighted by molar-refractivity contribution is 5.71. The molecule has 78 heavy (non-hydrogen) atoms. The summed E-state index contributed by atoms with van der Waals surface area (Å²) >= 11 is 0. The molecule has 0 aliphatic heterocycles. The van der Waals surface area contributed by atoms with Crippen LogP contribution >= 0.6 is 0 Å². The van der Waals surface area contributed by atoms with Crippen LogP contribution in [0.5, 0.6) is 0 Å². The molecule has 1 atom stereocenters. The van der Waals surface area contributed by atoms with Gasteiger partial charge in [0.15, 0.2) is 6.10 Å². The van der Waals surface area contributed by atoms with Crippen LogP contribution in [-0.4, -0.2) is 37.2 Å². The van der Waals surface area contributed by atoms with Gasteiger partial charge < -0.3 is 14.2 Å². The first kappa shape index (κ1) is 75.9. The fourth-order valence-corrected chi connectivity index (χ4v) is 10.9. The summed E-state index contributed by atoms with van der Waals surface area (Å²) in [5, 5.41) is 0. The number of carbonyl (C=O) groups excluding carboxylic acids is 3. The highest BCUT2D eigenvalue weighted by atomic mass is 16.6. The van der Waals surface area contributed by atoms with Crippen molar-refractivity contribution in [2.24, 2.45) is 0 Å². The third-order valence-corrected chi connectivity index (χ3v) is 16.2. The average Bonchev–Trinajstić information content (AvgIpc) is 3.44. The summed E-state index contributed by atoms with van der Waals surface area (Å²) in [6.07, 6.45) is 82.2. The molecule has 0 aromatic heterocycles. The summed E-state index contributed by atoms with van der Waals surface area (Å²) in [6, 6.07) is 0. The molecule has 0 bridgehead atoms. The van der Waals surface area contributed by atoms with E-state index < -0.39 is 6.10 Å². The SMILES string of the molecule is CCCCC/C=C\C/C=C\CCCCCCCC(=O)OC(COC(=O)CCCCCCCCCCCCCCCC)COC(=O)CCCCCCCCCCCCCCCCCCCCCCCCCCCCCCCCC. The van der Waals surface area contributed by atoms with Gasteiger partial charge in [0.25, 0.3) is 0 Å². The molecule has 0 spiro atoms. The first-order valence-electron chi connectivity index (χ1n) is 35.3. The van der Waals surface area contributed by atoms with E-state index in [-0.39, 0.29) is 31.1 Å². The molecular formula is C72H136O6. The van der Waals surface area contributed by atoms with Gasteiger partial charge in [-0.3, -0.25) is 14.4 Å². The molecule has 0 aliphatic rings. The number of allylic oxidation sites excluding steroid dienone is 4. The van der Waals surface area contributed by atoms with Crippen LogP contribution in [0.2, 0.25) is 0 Å². The largest absolute Gasteiger partial charge is 0.462 e. The zero-order valence-corrected chi connectivity index (χ0v) is 53.0. The number of unbranched alkanes of at least 4 members (excludes halogenated alkanes) is 51. The maximum Gasteiger partial charge on any atom is 0.306 e. The average molecular weight is 1100 g/mol. The topological polar surface area (TPSA) is 78.9 Å². The van der Waals surface area contributed by atoms with Gasteiger partial charge >= 0.3 is 17.9 Å². The predicted octanol–water partition coefficient (Wildman–Crippen LogP) is 24.2. The van der Waals surface area contributed by atoms with E-state index in [1.165, 1.54) is 283 Å². The second-order valence-electron chi connectivity index (χ2n) is 24.2. The molecule has 6 nitrogen and oxygen atoms in total. The molecule has 0 radical (unpaired) electrons. The van der Waals surface area contributed by atoms with E-state index in [9.17, 15) is 14.4 Å². The van der Waals surface area contributed by atoms with E-state index in [0.29, 0.717) is 19.3 Å². The summed E-state index contributed by atoms with van der Waals surface area (Å²) in [5.41, 5.74) is 0. The molecule has 0 fully saturated rings. The van der Waals surface area contributed by atoms with Gasteiger partial charge in [0, 0.05) is 19.3 Å². The van der Waals surface area contributed by atoms with E-state index in [0.717, 1.165) is 77.0 Å². The number of rotatable bonds is 66. The van der Waals surface area contributed by atoms with Crippen LogP contribution in [0.3, 0.4) is 0 Å². The Bertz CT molecular complexity index is 1260. The Morgan fingerprint density at radius 3 is 0.731 bits per heavy atom. The Kier molecular flexibility index (Phi) is 65.6. The lowest BCUT2D eigenvalue weighted by molar-refractivity contribution is -0.167. The van der Waals surface area contributed by atoms with Crippen molar-refractivity contribution in [3.63, 3.8) is 0 Å². The Morgan fingerprint density at radius 1 is 0.256 bits per heavy atom. The van der Waals surface area contributed by atoms with E-state index in [2.05, 4.69) is 45.1 Å². The van der Waals surface area contributed by atoms with Gasteiger partial charge in [-0.15, -0.1) is 0 Å². The van der Waals surface area contributed by atoms with Gasteiger partial charge in [-0.25, -0.2) is 0 Å². The van der Waals surface area contributed by atoms with Gasteiger partial charge in [-0.05, 0) is 51.4 Å². The maximum atomic E-state index is 12.9. The molecule has 460 valence electrons. The van der Waals surface area contributed by atoms with Crippen molar-refractivity contribution in [3.05, 3.63) is 24.3 Å². The molecule has 0 aliphatic carbocycles. The van der Waals surface area contributed by atoms with Crippen LogP contribution in [0, 0.1) is 0 Å². The van der Waals surface area contributed by atoms with Crippen LogP contribution in [0.4, 0.5) is 0 Å². The van der Waals surface area contributed by atoms with Crippen LogP contribution in [0.25, 0.3) is 0 Å². The van der Waals surface area contributed by atoms with Crippen molar-refractivity contribution in [2.75, 3.05) is 13.2 Å². The molecule has 0 heterocycles. The molecule has 0 amide bonds. The Balaban J connectivity index is 4.11. The molecule has 6 heteroatoms. The minimum atomic E-state index is -0.775. The van der Waals surface area contributed by atoms with Gasteiger partial charge in [0.1, 0.15) is 13.2 Å². The molecule has 1 unspecified atom stereocenters. The fourth-order valence-electron chi connectivity index (χ4n) is 10.9. The van der Waals surface area contributed by atoms with Crippen molar-refractivity contribution in [1.82, 2.24) is 0 Å². The van der Waals surface area contributed by atoms with Gasteiger partial charge in [0.05, 0.1) is 0 Å². The van der Waals surface area contributed by atoms with E-state index in [1.54, 1.807) is 0 Å². The van der Waals surface area contributed by atoms with Crippen molar-refractivity contribution >= 4 is 17.9 Å². The first-order chi connectivity index (χ1) is 38.5. The van der Waals surface area contributed by atoms with Gasteiger partial charge in [-0.1, -0.05) is 353 Å². The number of esters is 3. The van der Waals surface area contributed by atoms with Gasteiger partial charge in [-0.2, -0.15) is 0 Å². The number of carbonyl (C=O) groups is 3. The van der Waals surface area contributed by atoms with E-state index >= 15 is 0 Å². The van der Waals surface area contributed by atoms with Crippen molar-refractivity contribution in [3.8, 4) is 0 Å². The number of hydrogen-bond acceptors (Lipinski definition) is 6. The zero-order chi connectivity index (χ0) is 56.4. The number of hydrogen-bond donors (Lipinski definition) is 0. The maximum absolute atomic E-state index is 12.9. The first-order valence-corrected chi connectivity index (χ1v) is 35.3. The Morgan fingerprint density at radius 2 is 0.462 bits per heavy atom. The molecule has 0 saturated heterocycles. The van der Waals surface area contributed by atoms with Crippen molar-refractivity contribution < 1.29 is 28.6 Å². The van der Waals surface area contributed by atoms with E-state index in [4.69, 9.17) is 14.2 Å². The molecule has 0 N–H and O–H groups in total. The summed E-state index contributed by atoms with van der Waals surface area (Å²) < 4.78 is 17.0. The predicted molar refractivity (Wildman–Crippen MR) is 340 cm³/mol. The van der Waals surface area contributed by atoms with Crippen LogP contribution in [0.15, 0.2) is 24.3 Å². The van der Waals surface area contributed by atoms with Crippen LogP contribution in [-0.2, 0) is 28.6 Å². The highest BCUT2D eigenvalue weighted by Gasteiger charge is 2.19. The zero-order valence-electron chi connectivity index (χ0n) is 53.0. The van der Waals surface area contributed by atoms with Gasteiger partial charge in [0.2, 0.25) is 0 Å². The minimum Gasteiger partial charge on any atom is -0.462 e. The van der Waals surface area contributed by atoms with E-state index in [1.807, 2.05) is 0 Å².